The van der Waals surface area contributed by atoms with Gasteiger partial charge in [-0.15, -0.1) is 0 Å². The Morgan fingerprint density at radius 1 is 0.800 bits per heavy atom. The van der Waals surface area contributed by atoms with Crippen molar-refractivity contribution >= 4 is 33.7 Å². The van der Waals surface area contributed by atoms with E-state index < -0.39 is 11.9 Å². The molecule has 1 heterocycles. The van der Waals surface area contributed by atoms with Crippen molar-refractivity contribution in [3.05, 3.63) is 102 Å². The number of amides is 1. The van der Waals surface area contributed by atoms with Crippen LogP contribution in [0.25, 0.3) is 32.9 Å². The number of nitrogens with two attached hydrogens (primary N) is 1. The molecule has 2 N–H and O–H groups in total. The van der Waals surface area contributed by atoms with Crippen molar-refractivity contribution in [3.8, 4) is 16.9 Å². The highest BCUT2D eigenvalue weighted by Crippen LogP contribution is 2.39. The maximum atomic E-state index is 12.4. The Bertz CT molecular complexity index is 1550. The highest BCUT2D eigenvalue weighted by Gasteiger charge is 2.21. The second-order valence-electron chi connectivity index (χ2n) is 8.22. The van der Waals surface area contributed by atoms with E-state index in [1.807, 2.05) is 54.6 Å². The highest BCUT2D eigenvalue weighted by molar-refractivity contribution is 6.19. The number of primary amides is 1. The van der Waals surface area contributed by atoms with Crippen LogP contribution in [0, 0.1) is 0 Å². The standard InChI is InChI=1S/C29H24N2O4/c1-2-26(32)35-34-25-17-9-16-24-28(25)27-22(29(30)33)14-8-15-23(27)31(24)18-20-12-6-7-13-21(20)19-10-4-3-5-11-19/h3-17H,2,18H2,1H3,(H2,30,33). The average Bonchev–Trinajstić information content (AvgIpc) is 3.22. The summed E-state index contributed by atoms with van der Waals surface area (Å²) in [5.41, 5.74) is 11.2. The van der Waals surface area contributed by atoms with Gasteiger partial charge in [-0.3, -0.25) is 14.6 Å². The molecule has 0 bridgehead atoms. The second-order valence-corrected chi connectivity index (χ2v) is 8.22. The van der Waals surface area contributed by atoms with E-state index in [4.69, 9.17) is 15.5 Å². The molecule has 35 heavy (non-hydrogen) atoms. The van der Waals surface area contributed by atoms with Gasteiger partial charge in [0.15, 0.2) is 5.75 Å². The summed E-state index contributed by atoms with van der Waals surface area (Å²) in [7, 11) is 0. The average molecular weight is 465 g/mol. The number of benzene rings is 4. The first kappa shape index (κ1) is 22.2. The number of nitrogens with zero attached hydrogens (tertiary/aromatic N) is 1. The molecule has 0 saturated carbocycles. The van der Waals surface area contributed by atoms with Crippen LogP contribution in [0.15, 0.2) is 91.0 Å². The Hall–Kier alpha value is -4.58. The third-order valence-electron chi connectivity index (χ3n) is 6.09. The highest BCUT2D eigenvalue weighted by atomic mass is 17.2. The first-order chi connectivity index (χ1) is 17.1. The molecule has 0 unspecified atom stereocenters. The number of rotatable bonds is 7. The van der Waals surface area contributed by atoms with Crippen molar-refractivity contribution in [1.82, 2.24) is 4.57 Å². The van der Waals surface area contributed by atoms with Gasteiger partial charge in [0.25, 0.3) is 0 Å². The van der Waals surface area contributed by atoms with Gasteiger partial charge in [-0.25, -0.2) is 4.79 Å². The van der Waals surface area contributed by atoms with Crippen molar-refractivity contribution in [1.29, 1.82) is 0 Å². The zero-order valence-electron chi connectivity index (χ0n) is 19.2. The van der Waals surface area contributed by atoms with Gasteiger partial charge in [-0.05, 0) is 41.0 Å². The van der Waals surface area contributed by atoms with Gasteiger partial charge < -0.3 is 10.3 Å². The molecule has 0 aliphatic rings. The van der Waals surface area contributed by atoms with Crippen LogP contribution in [0.2, 0.25) is 0 Å². The molecule has 0 radical (unpaired) electrons. The van der Waals surface area contributed by atoms with E-state index in [1.165, 1.54) is 0 Å². The topological polar surface area (TPSA) is 83.6 Å². The molecule has 0 fully saturated rings. The third kappa shape index (κ3) is 4.10. The summed E-state index contributed by atoms with van der Waals surface area (Å²) in [4.78, 5) is 34.6. The van der Waals surface area contributed by atoms with Crippen molar-refractivity contribution in [2.45, 2.75) is 19.9 Å². The fourth-order valence-corrected chi connectivity index (χ4v) is 4.48. The molecule has 1 amide bonds. The van der Waals surface area contributed by atoms with Crippen molar-refractivity contribution < 1.29 is 19.4 Å². The minimum Gasteiger partial charge on any atom is -0.366 e. The van der Waals surface area contributed by atoms with Crippen LogP contribution < -0.4 is 10.6 Å². The summed E-state index contributed by atoms with van der Waals surface area (Å²) in [5, 5.41) is 1.33. The van der Waals surface area contributed by atoms with Crippen molar-refractivity contribution in [2.24, 2.45) is 5.73 Å². The maximum absolute atomic E-state index is 12.4. The van der Waals surface area contributed by atoms with E-state index in [1.54, 1.807) is 19.1 Å². The summed E-state index contributed by atoms with van der Waals surface area (Å²) in [5.74, 6) is -0.685. The Balaban J connectivity index is 1.74. The van der Waals surface area contributed by atoms with Crippen LogP contribution in [0.4, 0.5) is 0 Å². The molecule has 0 aliphatic heterocycles. The van der Waals surface area contributed by atoms with Gasteiger partial charge >= 0.3 is 5.97 Å². The number of hydrogen-bond donors (Lipinski definition) is 1. The van der Waals surface area contributed by atoms with Crippen LogP contribution >= 0.6 is 0 Å². The number of carbonyl (C=O) groups is 2. The summed E-state index contributed by atoms with van der Waals surface area (Å²) >= 11 is 0. The predicted octanol–water partition coefficient (Wildman–Crippen LogP) is 5.86. The summed E-state index contributed by atoms with van der Waals surface area (Å²) in [6.07, 6.45) is 0.181. The Kier molecular flexibility index (Phi) is 5.94. The lowest BCUT2D eigenvalue weighted by Crippen LogP contribution is -2.11. The first-order valence-electron chi connectivity index (χ1n) is 11.4. The van der Waals surface area contributed by atoms with Crippen LogP contribution in [0.5, 0.6) is 5.75 Å². The summed E-state index contributed by atoms with van der Waals surface area (Å²) in [6, 6.07) is 29.4. The fraction of sp³-hybridized carbons (Fsp3) is 0.103. The smallest absolute Gasteiger partial charge is 0.355 e. The molecule has 1 aromatic heterocycles. The van der Waals surface area contributed by atoms with Gasteiger partial charge in [0.1, 0.15) is 0 Å². The van der Waals surface area contributed by atoms with E-state index in [9.17, 15) is 9.59 Å². The number of aromatic nitrogens is 1. The van der Waals surface area contributed by atoms with Crippen LogP contribution in [-0.2, 0) is 16.2 Å². The summed E-state index contributed by atoms with van der Waals surface area (Å²) in [6.45, 7) is 2.24. The number of carbonyl (C=O) groups excluding carboxylic acids is 2. The maximum Gasteiger partial charge on any atom is 0.355 e. The summed E-state index contributed by atoms with van der Waals surface area (Å²) < 4.78 is 2.13. The molecule has 0 spiro atoms. The third-order valence-corrected chi connectivity index (χ3v) is 6.09. The molecule has 0 saturated heterocycles. The monoisotopic (exact) mass is 464 g/mol. The molecule has 5 rings (SSSR count). The van der Waals surface area contributed by atoms with Gasteiger partial charge in [0, 0.05) is 23.9 Å². The van der Waals surface area contributed by atoms with E-state index >= 15 is 0 Å². The molecular weight excluding hydrogens is 440 g/mol. The lowest BCUT2D eigenvalue weighted by Gasteiger charge is -2.13. The molecular formula is C29H24N2O4. The SMILES string of the molecule is CCC(=O)OOc1cccc2c1c1c(C(N)=O)cccc1n2Cc1ccccc1-c1ccccc1. The molecule has 0 atom stereocenters. The van der Waals surface area contributed by atoms with Gasteiger partial charge in [-0.2, -0.15) is 0 Å². The number of hydrogen-bond acceptors (Lipinski definition) is 4. The lowest BCUT2D eigenvalue weighted by molar-refractivity contribution is -0.212. The molecule has 6 heteroatoms. The Morgan fingerprint density at radius 2 is 1.49 bits per heavy atom. The zero-order chi connectivity index (χ0) is 24.4. The molecule has 174 valence electrons. The molecule has 5 aromatic rings. The Labute approximate surface area is 202 Å². The van der Waals surface area contributed by atoms with Gasteiger partial charge in [0.05, 0.1) is 16.4 Å². The predicted molar refractivity (Wildman–Crippen MR) is 136 cm³/mol. The fourth-order valence-electron chi connectivity index (χ4n) is 4.48. The molecule has 0 aliphatic carbocycles. The van der Waals surface area contributed by atoms with Crippen LogP contribution in [0.1, 0.15) is 29.3 Å². The van der Waals surface area contributed by atoms with Crippen LogP contribution in [-0.4, -0.2) is 16.4 Å². The normalized spacial score (nSPS) is 11.0. The van der Waals surface area contributed by atoms with E-state index in [-0.39, 0.29) is 6.42 Å². The zero-order valence-corrected chi connectivity index (χ0v) is 19.2. The second kappa shape index (κ2) is 9.35. The van der Waals surface area contributed by atoms with Gasteiger partial charge in [-0.1, -0.05) is 73.7 Å². The Morgan fingerprint density at radius 3 is 2.23 bits per heavy atom. The first-order valence-corrected chi connectivity index (χ1v) is 11.4. The van der Waals surface area contributed by atoms with E-state index in [2.05, 4.69) is 28.8 Å². The largest absolute Gasteiger partial charge is 0.366 e. The quantitative estimate of drug-likeness (QED) is 0.242. The minimum atomic E-state index is -0.542. The number of fused-ring (bicyclic) bond motifs is 3. The van der Waals surface area contributed by atoms with E-state index in [0.717, 1.165) is 27.7 Å². The van der Waals surface area contributed by atoms with Gasteiger partial charge in [0.2, 0.25) is 5.91 Å². The van der Waals surface area contributed by atoms with Crippen LogP contribution in [0.3, 0.4) is 0 Å². The lowest BCUT2D eigenvalue weighted by atomic mass is 9.99. The molecule has 4 aromatic carbocycles. The van der Waals surface area contributed by atoms with E-state index in [0.29, 0.717) is 28.6 Å². The molecule has 6 nitrogen and oxygen atoms in total. The van der Waals surface area contributed by atoms with Crippen molar-refractivity contribution in [2.75, 3.05) is 0 Å². The van der Waals surface area contributed by atoms with Crippen molar-refractivity contribution in [3.63, 3.8) is 0 Å². The minimum absolute atomic E-state index is 0.181.